The second-order valence-electron chi connectivity index (χ2n) is 8.37. The van der Waals surface area contributed by atoms with Crippen molar-refractivity contribution in [3.8, 4) is 0 Å². The lowest BCUT2D eigenvalue weighted by atomic mass is 9.73. The second kappa shape index (κ2) is 15.1. The molecule has 0 aromatic carbocycles. The van der Waals surface area contributed by atoms with Gasteiger partial charge in [-0.1, -0.05) is 0 Å². The summed E-state index contributed by atoms with van der Waals surface area (Å²) in [6.45, 7) is 14.2. The Morgan fingerprint density at radius 2 is 1.32 bits per heavy atom. The Hall–Kier alpha value is -1.80. The lowest BCUT2D eigenvalue weighted by molar-refractivity contribution is -0.131. The first-order valence-corrected chi connectivity index (χ1v) is 10.8. The van der Waals surface area contributed by atoms with Crippen LogP contribution in [0.5, 0.6) is 0 Å². The highest BCUT2D eigenvalue weighted by Gasteiger charge is 2.38. The maximum absolute atomic E-state index is 12.4. The molecule has 0 aromatic rings. The zero-order valence-electron chi connectivity index (χ0n) is 19.0. The topological polar surface area (TPSA) is 153 Å². The third-order valence-electron chi connectivity index (χ3n) is 6.04. The van der Waals surface area contributed by atoms with E-state index >= 15 is 0 Å². The molecule has 8 nitrogen and oxygen atoms in total. The fourth-order valence-corrected chi connectivity index (χ4v) is 4.14. The van der Waals surface area contributed by atoms with Gasteiger partial charge in [0.25, 0.3) is 0 Å². The second-order valence-corrected chi connectivity index (χ2v) is 8.37. The van der Waals surface area contributed by atoms with E-state index in [0.29, 0.717) is 12.8 Å². The van der Waals surface area contributed by atoms with Crippen molar-refractivity contribution in [3.05, 3.63) is 13.8 Å². The van der Waals surface area contributed by atoms with E-state index < -0.39 is 47.5 Å². The van der Waals surface area contributed by atoms with Crippen molar-refractivity contribution < 1.29 is 24.3 Å². The van der Waals surface area contributed by atoms with Gasteiger partial charge in [-0.05, 0) is 85.6 Å². The fourth-order valence-electron chi connectivity index (χ4n) is 4.14. The molecule has 0 aliphatic carbocycles. The van der Waals surface area contributed by atoms with Gasteiger partial charge < -0.3 is 21.9 Å². The molecule has 0 aliphatic heterocycles. The third kappa shape index (κ3) is 10.4. The van der Waals surface area contributed by atoms with Gasteiger partial charge >= 0.3 is 0 Å². The summed E-state index contributed by atoms with van der Waals surface area (Å²) in [5.41, 5.74) is 11.3. The van der Waals surface area contributed by atoms with Gasteiger partial charge in [-0.2, -0.15) is 0 Å². The van der Waals surface area contributed by atoms with Gasteiger partial charge in [-0.3, -0.25) is 19.2 Å². The van der Waals surface area contributed by atoms with Crippen LogP contribution in [0.2, 0.25) is 0 Å². The molecule has 0 saturated heterocycles. The van der Waals surface area contributed by atoms with Crippen molar-refractivity contribution in [1.82, 2.24) is 5.32 Å². The van der Waals surface area contributed by atoms with Crippen molar-refractivity contribution in [3.63, 3.8) is 0 Å². The molecule has 4 radical (unpaired) electrons. The highest BCUT2D eigenvalue weighted by atomic mass is 16.3. The van der Waals surface area contributed by atoms with Crippen LogP contribution in [0.4, 0.5) is 0 Å². The minimum Gasteiger partial charge on any atom is -0.391 e. The van der Waals surface area contributed by atoms with E-state index in [4.69, 9.17) is 25.3 Å². The van der Waals surface area contributed by atoms with Crippen LogP contribution in [-0.2, 0) is 19.2 Å². The molecule has 176 valence electrons. The first-order chi connectivity index (χ1) is 14.5. The smallest absolute Gasteiger partial charge is 0.220 e. The molecule has 31 heavy (non-hydrogen) atoms. The fraction of sp³-hybridized carbons (Fsp3) is 0.739. The standard InChI is InChI=1S/C23H39N3O5/c1-6-8-16(14(3)27)10-18(22(24)30)12-19(21(29)13-26-5)20(23(25)31)11-17(9-7-2)15(4)28/h1-2,16-21,26,29H,6-13H2,3-5H3,(H2,24,30)(H2,25,31). The van der Waals surface area contributed by atoms with E-state index in [1.54, 1.807) is 7.05 Å². The molecular formula is C23H39N3O5. The molecule has 8 heteroatoms. The molecular weight excluding hydrogens is 398 g/mol. The number of hydrogen-bond acceptors (Lipinski definition) is 6. The minimum absolute atomic E-state index is 0.0629. The monoisotopic (exact) mass is 437 g/mol. The average Bonchev–Trinajstić information content (AvgIpc) is 2.67. The molecule has 0 bridgehead atoms. The normalized spacial score (nSPS) is 17.2. The van der Waals surface area contributed by atoms with Gasteiger partial charge in [-0.15, -0.1) is 0 Å². The lowest BCUT2D eigenvalue weighted by Gasteiger charge is -2.33. The number of carbonyl (C=O) groups excluding carboxylic acids is 4. The summed E-state index contributed by atoms with van der Waals surface area (Å²) in [5.74, 6) is -4.80. The molecule has 6 N–H and O–H groups in total. The van der Waals surface area contributed by atoms with Crippen LogP contribution in [0, 0.1) is 43.4 Å². The number of likely N-dealkylation sites (N-methyl/N-ethyl adjacent to an activating group) is 1. The van der Waals surface area contributed by atoms with Gasteiger partial charge in [0.15, 0.2) is 0 Å². The lowest BCUT2D eigenvalue weighted by Crippen LogP contribution is -2.44. The molecule has 0 fully saturated rings. The zero-order valence-corrected chi connectivity index (χ0v) is 19.0. The highest BCUT2D eigenvalue weighted by Crippen LogP contribution is 2.33. The Bertz CT molecular complexity index is 596. The Kier molecular flexibility index (Phi) is 14.2. The minimum atomic E-state index is -1.01. The molecule has 6 atom stereocenters. The van der Waals surface area contributed by atoms with Gasteiger partial charge in [0.05, 0.1) is 6.10 Å². The van der Waals surface area contributed by atoms with Gasteiger partial charge in [0, 0.05) is 30.2 Å². The number of amides is 2. The largest absolute Gasteiger partial charge is 0.391 e. The predicted octanol–water partition coefficient (Wildman–Crippen LogP) is 0.949. The molecule has 0 aliphatic rings. The van der Waals surface area contributed by atoms with Gasteiger partial charge in [0.2, 0.25) is 11.8 Å². The Morgan fingerprint density at radius 3 is 1.68 bits per heavy atom. The summed E-state index contributed by atoms with van der Waals surface area (Å²) in [5, 5.41) is 13.6. The first-order valence-electron chi connectivity index (χ1n) is 10.8. The van der Waals surface area contributed by atoms with E-state index in [0.717, 1.165) is 0 Å². The highest BCUT2D eigenvalue weighted by molar-refractivity contribution is 5.82. The Morgan fingerprint density at radius 1 is 0.839 bits per heavy atom. The molecule has 2 amide bonds. The SMILES string of the molecule is [CH]CCC(CC(CC(C(O)CNC)C(CC(CC[CH])C(C)=O)C(N)=O)C(N)=O)C(C)=O. The maximum Gasteiger partial charge on any atom is 0.220 e. The van der Waals surface area contributed by atoms with Gasteiger partial charge in [-0.25, -0.2) is 0 Å². The molecule has 0 heterocycles. The number of aliphatic hydroxyl groups is 1. The summed E-state index contributed by atoms with van der Waals surface area (Å²) in [6.07, 6.45) is 0.689. The summed E-state index contributed by atoms with van der Waals surface area (Å²) in [4.78, 5) is 48.5. The molecule has 6 unspecified atom stereocenters. The third-order valence-corrected chi connectivity index (χ3v) is 6.04. The van der Waals surface area contributed by atoms with Crippen LogP contribution in [-0.4, -0.2) is 48.2 Å². The summed E-state index contributed by atoms with van der Waals surface area (Å²) < 4.78 is 0. The van der Waals surface area contributed by atoms with Crippen LogP contribution >= 0.6 is 0 Å². The maximum atomic E-state index is 12.4. The Balaban J connectivity index is 5.92. The van der Waals surface area contributed by atoms with E-state index in [1.807, 2.05) is 0 Å². The number of primary amides is 2. The number of carbonyl (C=O) groups is 4. The number of hydrogen-bond donors (Lipinski definition) is 4. The quantitative estimate of drug-likeness (QED) is 0.250. The van der Waals surface area contributed by atoms with E-state index in [2.05, 4.69) is 5.32 Å². The molecule has 0 saturated carbocycles. The number of nitrogens with one attached hydrogen (secondary N) is 1. The van der Waals surface area contributed by atoms with Crippen molar-refractivity contribution in [2.75, 3.05) is 13.6 Å². The van der Waals surface area contributed by atoms with Crippen LogP contribution in [0.25, 0.3) is 0 Å². The van der Waals surface area contributed by atoms with E-state index in [-0.39, 0.29) is 50.2 Å². The van der Waals surface area contributed by atoms with Crippen LogP contribution < -0.4 is 16.8 Å². The van der Waals surface area contributed by atoms with Gasteiger partial charge in [0.1, 0.15) is 11.6 Å². The summed E-state index contributed by atoms with van der Waals surface area (Å²) >= 11 is 0. The zero-order chi connectivity index (χ0) is 24.1. The number of aliphatic hydroxyl groups excluding tert-OH is 1. The van der Waals surface area contributed by atoms with Crippen LogP contribution in [0.1, 0.15) is 58.8 Å². The van der Waals surface area contributed by atoms with E-state index in [1.165, 1.54) is 13.8 Å². The van der Waals surface area contributed by atoms with Crippen molar-refractivity contribution in [1.29, 1.82) is 0 Å². The van der Waals surface area contributed by atoms with Crippen LogP contribution in [0.3, 0.4) is 0 Å². The number of ketones is 2. The number of Topliss-reactive ketones (excluding diaryl/α,β-unsaturated/α-hetero) is 2. The molecule has 0 aromatic heterocycles. The first kappa shape index (κ1) is 29.2. The van der Waals surface area contributed by atoms with Crippen molar-refractivity contribution in [2.45, 2.75) is 64.9 Å². The van der Waals surface area contributed by atoms with E-state index in [9.17, 15) is 24.3 Å². The summed E-state index contributed by atoms with van der Waals surface area (Å²) in [7, 11) is 1.64. The average molecular weight is 438 g/mol. The Labute approximate surface area is 186 Å². The predicted molar refractivity (Wildman–Crippen MR) is 118 cm³/mol. The van der Waals surface area contributed by atoms with Crippen molar-refractivity contribution >= 4 is 23.4 Å². The molecule has 0 rings (SSSR count). The van der Waals surface area contributed by atoms with Crippen molar-refractivity contribution in [2.24, 2.45) is 41.1 Å². The molecule has 0 spiro atoms. The van der Waals surface area contributed by atoms with Crippen LogP contribution in [0.15, 0.2) is 0 Å². The number of rotatable bonds is 18. The summed E-state index contributed by atoms with van der Waals surface area (Å²) in [6, 6.07) is 0. The number of nitrogens with two attached hydrogens (primary N) is 2.